The highest BCUT2D eigenvalue weighted by Gasteiger charge is 2.10. The van der Waals surface area contributed by atoms with Gasteiger partial charge in [-0.3, -0.25) is 5.10 Å². The van der Waals surface area contributed by atoms with Crippen molar-refractivity contribution in [2.45, 2.75) is 33.1 Å². The van der Waals surface area contributed by atoms with Gasteiger partial charge in [-0.25, -0.2) is 0 Å². The number of hydrogen-bond donors (Lipinski definition) is 1. The number of rotatable bonds is 5. The van der Waals surface area contributed by atoms with E-state index in [1.807, 2.05) is 6.21 Å². The number of nitrogens with zero attached hydrogens (tertiary/aromatic N) is 4. The third-order valence-electron chi connectivity index (χ3n) is 4.22. The Morgan fingerprint density at radius 2 is 2.13 bits per heavy atom. The molecule has 3 aromatic rings. The van der Waals surface area contributed by atoms with Crippen LogP contribution in [0.4, 0.5) is 0 Å². The first-order valence-electron chi connectivity index (χ1n) is 7.88. The van der Waals surface area contributed by atoms with Gasteiger partial charge in [0, 0.05) is 35.6 Å². The van der Waals surface area contributed by atoms with Crippen LogP contribution in [0.25, 0.3) is 10.9 Å². The summed E-state index contributed by atoms with van der Waals surface area (Å²) in [5.41, 5.74) is 3.50. The topological polar surface area (TPSA) is 50.9 Å². The normalized spacial score (nSPS) is 11.8. The summed E-state index contributed by atoms with van der Waals surface area (Å²) in [6.07, 6.45) is 4.95. The summed E-state index contributed by atoms with van der Waals surface area (Å²) in [5.74, 6) is 0.881. The number of aryl methyl sites for hydroxylation is 2. The second kappa shape index (κ2) is 6.50. The van der Waals surface area contributed by atoms with E-state index in [2.05, 4.69) is 65.0 Å². The molecule has 3 rings (SSSR count). The third kappa shape index (κ3) is 2.86. The van der Waals surface area contributed by atoms with E-state index in [1.165, 1.54) is 16.6 Å². The molecule has 1 aromatic carbocycles. The lowest BCUT2D eigenvalue weighted by molar-refractivity contribution is 0.700. The van der Waals surface area contributed by atoms with Crippen molar-refractivity contribution in [1.29, 1.82) is 0 Å². The van der Waals surface area contributed by atoms with E-state index in [-0.39, 0.29) is 0 Å². The molecule has 0 spiro atoms. The summed E-state index contributed by atoms with van der Waals surface area (Å²) in [7, 11) is 2.07. The average Bonchev–Trinajstić information content (AvgIpc) is 3.03. The van der Waals surface area contributed by atoms with Gasteiger partial charge in [-0.1, -0.05) is 31.5 Å². The summed E-state index contributed by atoms with van der Waals surface area (Å²) in [6, 6.07) is 8.35. The number of para-hydroxylation sites is 1. The molecule has 0 radical (unpaired) electrons. The van der Waals surface area contributed by atoms with Crippen molar-refractivity contribution in [3.63, 3.8) is 0 Å². The quantitative estimate of drug-likeness (QED) is 0.569. The van der Waals surface area contributed by atoms with Crippen LogP contribution in [0.3, 0.4) is 0 Å². The van der Waals surface area contributed by atoms with Gasteiger partial charge in [-0.05, 0) is 31.6 Å². The second-order valence-electron chi connectivity index (χ2n) is 5.68. The van der Waals surface area contributed by atoms with E-state index < -0.39 is 0 Å². The molecule has 0 saturated carbocycles. The standard InChI is InChI=1S/C17H21N5S/c1-4-5-10-16-19-20-17(23)22(16)18-11-14-12(2)21(3)15-9-7-6-8-13(14)15/h6-9,11H,4-5,10H2,1-3H3,(H,20,23)/b18-11-. The van der Waals surface area contributed by atoms with Gasteiger partial charge in [0.05, 0.1) is 6.21 Å². The molecular formula is C17H21N5S. The molecule has 2 aromatic heterocycles. The fourth-order valence-corrected chi connectivity index (χ4v) is 2.97. The molecule has 6 heteroatoms. The number of unbranched alkanes of at least 4 members (excludes halogenated alkanes) is 1. The Hall–Kier alpha value is -2.21. The SMILES string of the molecule is CCCCc1n[nH]c(=S)n1/N=C\c1c(C)n(C)c2ccccc12. The molecule has 1 N–H and O–H groups in total. The molecule has 0 bridgehead atoms. The van der Waals surface area contributed by atoms with Crippen LogP contribution in [0.5, 0.6) is 0 Å². The maximum absolute atomic E-state index is 5.30. The van der Waals surface area contributed by atoms with Crippen molar-refractivity contribution in [3.8, 4) is 0 Å². The molecule has 0 aliphatic heterocycles. The average molecular weight is 327 g/mol. The number of aromatic amines is 1. The third-order valence-corrected chi connectivity index (χ3v) is 4.49. The lowest BCUT2D eigenvalue weighted by Crippen LogP contribution is -2.00. The van der Waals surface area contributed by atoms with Crippen LogP contribution in [0.2, 0.25) is 0 Å². The molecule has 0 aliphatic carbocycles. The maximum Gasteiger partial charge on any atom is 0.216 e. The van der Waals surface area contributed by atoms with E-state index in [0.717, 1.165) is 30.7 Å². The van der Waals surface area contributed by atoms with Crippen molar-refractivity contribution < 1.29 is 0 Å². The van der Waals surface area contributed by atoms with Crippen molar-refractivity contribution >= 4 is 29.3 Å². The van der Waals surface area contributed by atoms with Crippen molar-refractivity contribution in [3.05, 3.63) is 46.1 Å². The van der Waals surface area contributed by atoms with Crippen LogP contribution in [0.15, 0.2) is 29.4 Å². The highest BCUT2D eigenvalue weighted by molar-refractivity contribution is 7.71. The monoisotopic (exact) mass is 327 g/mol. The molecule has 0 saturated heterocycles. The van der Waals surface area contributed by atoms with Crippen LogP contribution in [0, 0.1) is 11.7 Å². The Balaban J connectivity index is 2.03. The molecule has 0 unspecified atom stereocenters. The van der Waals surface area contributed by atoms with Crippen LogP contribution < -0.4 is 0 Å². The molecule has 5 nitrogen and oxygen atoms in total. The van der Waals surface area contributed by atoms with Gasteiger partial charge in [0.25, 0.3) is 0 Å². The highest BCUT2D eigenvalue weighted by atomic mass is 32.1. The second-order valence-corrected chi connectivity index (χ2v) is 6.07. The molecule has 120 valence electrons. The van der Waals surface area contributed by atoms with E-state index in [4.69, 9.17) is 12.2 Å². The molecular weight excluding hydrogens is 306 g/mol. The highest BCUT2D eigenvalue weighted by Crippen LogP contribution is 2.23. The van der Waals surface area contributed by atoms with Crippen LogP contribution in [0.1, 0.15) is 36.8 Å². The van der Waals surface area contributed by atoms with Gasteiger partial charge in [0.2, 0.25) is 4.77 Å². The molecule has 0 fully saturated rings. The summed E-state index contributed by atoms with van der Waals surface area (Å²) < 4.78 is 4.44. The summed E-state index contributed by atoms with van der Waals surface area (Å²) in [4.78, 5) is 0. The minimum absolute atomic E-state index is 0.533. The van der Waals surface area contributed by atoms with Crippen molar-refractivity contribution in [1.82, 2.24) is 19.4 Å². The Morgan fingerprint density at radius 3 is 2.91 bits per heavy atom. The summed E-state index contributed by atoms with van der Waals surface area (Å²) >= 11 is 5.30. The minimum Gasteiger partial charge on any atom is -0.347 e. The first-order valence-corrected chi connectivity index (χ1v) is 8.29. The zero-order chi connectivity index (χ0) is 16.4. The number of aromatic nitrogens is 4. The van der Waals surface area contributed by atoms with Gasteiger partial charge in [0.15, 0.2) is 5.82 Å². The van der Waals surface area contributed by atoms with Gasteiger partial charge >= 0.3 is 0 Å². The Kier molecular flexibility index (Phi) is 4.43. The van der Waals surface area contributed by atoms with Crippen molar-refractivity contribution in [2.24, 2.45) is 12.1 Å². The summed E-state index contributed by atoms with van der Waals surface area (Å²) in [5, 5.41) is 12.9. The van der Waals surface area contributed by atoms with Crippen LogP contribution in [-0.4, -0.2) is 25.7 Å². The molecule has 0 amide bonds. The first kappa shape index (κ1) is 15.7. The lowest BCUT2D eigenvalue weighted by Gasteiger charge is -2.00. The number of H-pyrrole nitrogens is 1. The fraction of sp³-hybridized carbons (Fsp3) is 0.353. The van der Waals surface area contributed by atoms with E-state index in [0.29, 0.717) is 4.77 Å². The predicted molar refractivity (Wildman–Crippen MR) is 96.7 cm³/mol. The predicted octanol–water partition coefficient (Wildman–Crippen LogP) is 3.97. The zero-order valence-electron chi connectivity index (χ0n) is 13.7. The number of benzene rings is 1. The van der Waals surface area contributed by atoms with E-state index >= 15 is 0 Å². The number of nitrogens with one attached hydrogen (secondary N) is 1. The molecule has 23 heavy (non-hydrogen) atoms. The maximum atomic E-state index is 5.30. The zero-order valence-corrected chi connectivity index (χ0v) is 14.5. The smallest absolute Gasteiger partial charge is 0.216 e. The summed E-state index contributed by atoms with van der Waals surface area (Å²) in [6.45, 7) is 4.27. The minimum atomic E-state index is 0.533. The van der Waals surface area contributed by atoms with E-state index in [1.54, 1.807) is 4.68 Å². The number of hydrogen-bond acceptors (Lipinski definition) is 3. The van der Waals surface area contributed by atoms with Crippen LogP contribution in [-0.2, 0) is 13.5 Å². The largest absolute Gasteiger partial charge is 0.347 e. The molecule has 0 aliphatic rings. The van der Waals surface area contributed by atoms with Crippen LogP contribution >= 0.6 is 12.2 Å². The lowest BCUT2D eigenvalue weighted by atomic mass is 10.1. The fourth-order valence-electron chi connectivity index (χ4n) is 2.77. The van der Waals surface area contributed by atoms with Crippen molar-refractivity contribution in [2.75, 3.05) is 0 Å². The first-order chi connectivity index (χ1) is 11.1. The van der Waals surface area contributed by atoms with Gasteiger partial charge in [-0.15, -0.1) is 0 Å². The van der Waals surface area contributed by atoms with E-state index in [9.17, 15) is 0 Å². The van der Waals surface area contributed by atoms with Gasteiger partial charge < -0.3 is 4.57 Å². The molecule has 2 heterocycles. The Labute approximate surface area is 140 Å². The Bertz CT molecular complexity index is 913. The number of fused-ring (bicyclic) bond motifs is 1. The van der Waals surface area contributed by atoms with Gasteiger partial charge in [0.1, 0.15) is 0 Å². The van der Waals surface area contributed by atoms with Gasteiger partial charge in [-0.2, -0.15) is 14.9 Å². The molecule has 0 atom stereocenters. The Morgan fingerprint density at radius 1 is 1.35 bits per heavy atom.